The summed E-state index contributed by atoms with van der Waals surface area (Å²) in [5.74, 6) is -3.91. The number of hydrogen-bond acceptors (Lipinski definition) is 7. The average Bonchev–Trinajstić information content (AvgIpc) is 2.38. The minimum absolute atomic E-state index is 0.0197. The van der Waals surface area contributed by atoms with Crippen molar-refractivity contribution < 1.29 is 38.1 Å². The predicted octanol–water partition coefficient (Wildman–Crippen LogP) is 0.135. The van der Waals surface area contributed by atoms with E-state index in [2.05, 4.69) is 14.2 Å². The molecule has 0 aliphatic heterocycles. The van der Waals surface area contributed by atoms with Gasteiger partial charge in [-0.1, -0.05) is 0 Å². The Labute approximate surface area is 116 Å². The quantitative estimate of drug-likeness (QED) is 0.502. The molecule has 0 heterocycles. The van der Waals surface area contributed by atoms with Gasteiger partial charge in [-0.2, -0.15) is 0 Å². The van der Waals surface area contributed by atoms with E-state index < -0.39 is 36.1 Å². The van der Waals surface area contributed by atoms with E-state index in [1.807, 2.05) is 0 Å². The molecule has 0 fully saturated rings. The molecule has 1 N–H and O–H groups in total. The standard InChI is InChI=1S/C12H19FO7/c1-4-18-8(14)7-12(17,11(16)20-6-3)9(13)10(15)19-5-2/h9,17H,4-7H2,1-3H3/t9-,12-/m1/s1. The molecule has 0 unspecified atom stereocenters. The van der Waals surface area contributed by atoms with Crippen molar-refractivity contribution in [2.75, 3.05) is 19.8 Å². The summed E-state index contributed by atoms with van der Waals surface area (Å²) in [5.41, 5.74) is -2.96. The van der Waals surface area contributed by atoms with Gasteiger partial charge in [-0.05, 0) is 20.8 Å². The Hall–Kier alpha value is -1.70. The third kappa shape index (κ3) is 4.76. The Morgan fingerprint density at radius 1 is 1.05 bits per heavy atom. The lowest BCUT2D eigenvalue weighted by atomic mass is 9.93. The Balaban J connectivity index is 5.18. The second-order valence-electron chi connectivity index (χ2n) is 3.74. The summed E-state index contributed by atoms with van der Waals surface area (Å²) in [6.45, 7) is 4.05. The van der Waals surface area contributed by atoms with Gasteiger partial charge in [-0.3, -0.25) is 4.79 Å². The van der Waals surface area contributed by atoms with Crippen molar-refractivity contribution in [2.24, 2.45) is 0 Å². The van der Waals surface area contributed by atoms with E-state index in [1.165, 1.54) is 20.8 Å². The van der Waals surface area contributed by atoms with Crippen LogP contribution in [0.15, 0.2) is 0 Å². The van der Waals surface area contributed by atoms with Gasteiger partial charge in [0.1, 0.15) is 0 Å². The molecule has 8 heteroatoms. The SMILES string of the molecule is CCOC(=O)C[C@](O)(C(=O)OCC)[C@H](F)C(=O)OCC. The van der Waals surface area contributed by atoms with Crippen molar-refractivity contribution in [3.63, 3.8) is 0 Å². The molecule has 0 rings (SSSR count). The molecular weight excluding hydrogens is 275 g/mol. The number of rotatable bonds is 8. The first-order valence-corrected chi connectivity index (χ1v) is 6.19. The maximum atomic E-state index is 14.0. The first-order valence-electron chi connectivity index (χ1n) is 6.19. The number of alkyl halides is 1. The molecule has 0 aliphatic rings. The van der Waals surface area contributed by atoms with Gasteiger partial charge in [0.15, 0.2) is 0 Å². The molecule has 2 atom stereocenters. The van der Waals surface area contributed by atoms with Crippen LogP contribution in [0.2, 0.25) is 0 Å². The number of carbonyl (C=O) groups is 3. The van der Waals surface area contributed by atoms with Crippen LogP contribution in [0.25, 0.3) is 0 Å². The third-order valence-corrected chi connectivity index (χ3v) is 2.26. The minimum Gasteiger partial charge on any atom is -0.466 e. The molecule has 0 saturated carbocycles. The topological polar surface area (TPSA) is 99.1 Å². The lowest BCUT2D eigenvalue weighted by molar-refractivity contribution is -0.187. The van der Waals surface area contributed by atoms with Crippen LogP contribution in [0.4, 0.5) is 4.39 Å². The van der Waals surface area contributed by atoms with E-state index in [9.17, 15) is 23.9 Å². The normalized spacial score (nSPS) is 14.8. The van der Waals surface area contributed by atoms with Crippen LogP contribution in [0.3, 0.4) is 0 Å². The molecule has 7 nitrogen and oxygen atoms in total. The van der Waals surface area contributed by atoms with Crippen LogP contribution >= 0.6 is 0 Å². The predicted molar refractivity (Wildman–Crippen MR) is 64.4 cm³/mol. The number of ether oxygens (including phenoxy) is 3. The summed E-state index contributed by atoms with van der Waals surface area (Å²) >= 11 is 0. The Bertz CT molecular complexity index is 358. The van der Waals surface area contributed by atoms with Crippen molar-refractivity contribution in [3.8, 4) is 0 Å². The number of halogens is 1. The highest BCUT2D eigenvalue weighted by Gasteiger charge is 2.52. The number of carbonyl (C=O) groups excluding carboxylic acids is 3. The molecule has 0 amide bonds. The molecule has 0 aromatic heterocycles. The van der Waals surface area contributed by atoms with Crippen molar-refractivity contribution >= 4 is 17.9 Å². The molecular formula is C12H19FO7. The number of hydrogen-bond donors (Lipinski definition) is 1. The Kier molecular flexibility index (Phi) is 7.75. The van der Waals surface area contributed by atoms with Gasteiger partial charge in [0.2, 0.25) is 11.8 Å². The van der Waals surface area contributed by atoms with E-state index >= 15 is 0 Å². The summed E-state index contributed by atoms with van der Waals surface area (Å²) < 4.78 is 27.4. The molecule has 0 aromatic carbocycles. The zero-order chi connectivity index (χ0) is 15.8. The molecule has 116 valence electrons. The van der Waals surface area contributed by atoms with Gasteiger partial charge < -0.3 is 19.3 Å². The monoisotopic (exact) mass is 294 g/mol. The van der Waals surface area contributed by atoms with E-state index in [-0.39, 0.29) is 19.8 Å². The third-order valence-electron chi connectivity index (χ3n) is 2.26. The molecule has 0 aliphatic carbocycles. The highest BCUT2D eigenvalue weighted by Crippen LogP contribution is 2.23. The fraction of sp³-hybridized carbons (Fsp3) is 0.750. The molecule has 0 bridgehead atoms. The summed E-state index contributed by atoms with van der Waals surface area (Å²) in [5, 5.41) is 10.0. The van der Waals surface area contributed by atoms with Crippen LogP contribution < -0.4 is 0 Å². The molecule has 0 radical (unpaired) electrons. The first-order chi connectivity index (χ1) is 9.33. The van der Waals surface area contributed by atoms with Gasteiger partial charge in [-0.15, -0.1) is 0 Å². The van der Waals surface area contributed by atoms with E-state index in [0.29, 0.717) is 0 Å². The molecule has 0 aromatic rings. The Morgan fingerprint density at radius 2 is 1.55 bits per heavy atom. The van der Waals surface area contributed by atoms with Crippen molar-refractivity contribution in [1.29, 1.82) is 0 Å². The molecule has 0 saturated heterocycles. The fourth-order valence-corrected chi connectivity index (χ4v) is 1.36. The number of esters is 3. The smallest absolute Gasteiger partial charge is 0.344 e. The minimum atomic E-state index is -2.96. The largest absolute Gasteiger partial charge is 0.466 e. The van der Waals surface area contributed by atoms with Crippen LogP contribution in [-0.2, 0) is 28.6 Å². The van der Waals surface area contributed by atoms with Crippen LogP contribution in [0, 0.1) is 0 Å². The van der Waals surface area contributed by atoms with E-state index in [4.69, 9.17) is 0 Å². The fourth-order valence-electron chi connectivity index (χ4n) is 1.36. The van der Waals surface area contributed by atoms with Crippen molar-refractivity contribution in [2.45, 2.75) is 39.0 Å². The maximum Gasteiger partial charge on any atom is 0.344 e. The second-order valence-corrected chi connectivity index (χ2v) is 3.74. The maximum absolute atomic E-state index is 14.0. The first kappa shape index (κ1) is 18.3. The van der Waals surface area contributed by atoms with Crippen molar-refractivity contribution in [3.05, 3.63) is 0 Å². The average molecular weight is 294 g/mol. The highest BCUT2D eigenvalue weighted by molar-refractivity contribution is 5.92. The van der Waals surface area contributed by atoms with Crippen LogP contribution in [0.5, 0.6) is 0 Å². The van der Waals surface area contributed by atoms with Gasteiger partial charge >= 0.3 is 17.9 Å². The van der Waals surface area contributed by atoms with Gasteiger partial charge in [0, 0.05) is 0 Å². The zero-order valence-corrected chi connectivity index (χ0v) is 11.7. The lowest BCUT2D eigenvalue weighted by Gasteiger charge is -2.26. The van der Waals surface area contributed by atoms with Crippen molar-refractivity contribution in [1.82, 2.24) is 0 Å². The van der Waals surface area contributed by atoms with Gasteiger partial charge in [-0.25, -0.2) is 14.0 Å². The summed E-state index contributed by atoms with van der Waals surface area (Å²) in [6.07, 6.45) is -3.79. The van der Waals surface area contributed by atoms with Gasteiger partial charge in [0.25, 0.3) is 0 Å². The molecule has 20 heavy (non-hydrogen) atoms. The van der Waals surface area contributed by atoms with Gasteiger partial charge in [0.05, 0.1) is 26.2 Å². The van der Waals surface area contributed by atoms with Crippen LogP contribution in [-0.4, -0.2) is 54.6 Å². The van der Waals surface area contributed by atoms with Crippen LogP contribution in [0.1, 0.15) is 27.2 Å². The lowest BCUT2D eigenvalue weighted by Crippen LogP contribution is -2.54. The highest BCUT2D eigenvalue weighted by atomic mass is 19.1. The summed E-state index contributed by atoms with van der Waals surface area (Å²) in [4.78, 5) is 34.3. The summed E-state index contributed by atoms with van der Waals surface area (Å²) in [6, 6.07) is 0. The van der Waals surface area contributed by atoms with E-state index in [0.717, 1.165) is 0 Å². The zero-order valence-electron chi connectivity index (χ0n) is 11.7. The van der Waals surface area contributed by atoms with E-state index in [1.54, 1.807) is 0 Å². The number of aliphatic hydroxyl groups is 1. The Morgan fingerprint density at radius 3 is 2.00 bits per heavy atom. The molecule has 0 spiro atoms. The second kappa shape index (κ2) is 8.47. The summed E-state index contributed by atoms with van der Waals surface area (Å²) in [7, 11) is 0.